The standard InChI is InChI=1S/C14H21F2NO/c1-3-5-6-7-18-14-12(15)8-11(9-13(14)16)10-17-4-2/h8-9,17H,3-7,10H2,1-2H3. The maximum absolute atomic E-state index is 13.7. The fourth-order valence-corrected chi connectivity index (χ4v) is 1.65. The molecule has 0 amide bonds. The van der Waals surface area contributed by atoms with Crippen molar-refractivity contribution in [1.29, 1.82) is 0 Å². The molecule has 0 bridgehead atoms. The van der Waals surface area contributed by atoms with E-state index in [0.717, 1.165) is 25.8 Å². The Morgan fingerprint density at radius 2 is 1.78 bits per heavy atom. The minimum absolute atomic E-state index is 0.258. The highest BCUT2D eigenvalue weighted by Crippen LogP contribution is 2.23. The van der Waals surface area contributed by atoms with E-state index in [1.54, 1.807) is 0 Å². The lowest BCUT2D eigenvalue weighted by molar-refractivity contribution is 0.276. The van der Waals surface area contributed by atoms with Crippen molar-refractivity contribution in [1.82, 2.24) is 5.32 Å². The van der Waals surface area contributed by atoms with E-state index in [1.807, 2.05) is 6.92 Å². The lowest BCUT2D eigenvalue weighted by atomic mass is 10.2. The Morgan fingerprint density at radius 3 is 2.33 bits per heavy atom. The van der Waals surface area contributed by atoms with Crippen molar-refractivity contribution in [2.45, 2.75) is 39.7 Å². The van der Waals surface area contributed by atoms with Gasteiger partial charge in [-0.1, -0.05) is 26.7 Å². The van der Waals surface area contributed by atoms with Crippen molar-refractivity contribution in [3.05, 3.63) is 29.3 Å². The van der Waals surface area contributed by atoms with Crippen LogP contribution >= 0.6 is 0 Å². The first-order valence-corrected chi connectivity index (χ1v) is 6.50. The smallest absolute Gasteiger partial charge is 0.190 e. The highest BCUT2D eigenvalue weighted by Gasteiger charge is 2.12. The molecule has 0 aliphatic heterocycles. The Balaban J connectivity index is 2.62. The van der Waals surface area contributed by atoms with Crippen LogP contribution in [0.5, 0.6) is 5.75 Å². The van der Waals surface area contributed by atoms with Crippen LogP contribution in [0.25, 0.3) is 0 Å². The minimum atomic E-state index is -0.626. The van der Waals surface area contributed by atoms with E-state index < -0.39 is 11.6 Å². The van der Waals surface area contributed by atoms with Gasteiger partial charge in [0.2, 0.25) is 0 Å². The SMILES string of the molecule is CCCCCOc1c(F)cc(CNCC)cc1F. The van der Waals surface area contributed by atoms with Gasteiger partial charge in [0.1, 0.15) is 0 Å². The maximum atomic E-state index is 13.7. The Hall–Kier alpha value is -1.16. The molecule has 1 rings (SSSR count). The Morgan fingerprint density at radius 1 is 1.11 bits per heavy atom. The van der Waals surface area contributed by atoms with Crippen molar-refractivity contribution in [2.75, 3.05) is 13.2 Å². The molecule has 18 heavy (non-hydrogen) atoms. The third kappa shape index (κ3) is 4.61. The Kier molecular flexibility index (Phi) is 6.65. The maximum Gasteiger partial charge on any atom is 0.190 e. The van der Waals surface area contributed by atoms with Crippen molar-refractivity contribution in [3.63, 3.8) is 0 Å². The monoisotopic (exact) mass is 257 g/mol. The van der Waals surface area contributed by atoms with E-state index in [-0.39, 0.29) is 5.75 Å². The number of benzene rings is 1. The van der Waals surface area contributed by atoms with E-state index in [2.05, 4.69) is 12.2 Å². The molecule has 0 heterocycles. The lowest BCUT2D eigenvalue weighted by Crippen LogP contribution is -2.12. The van der Waals surface area contributed by atoms with Crippen molar-refractivity contribution < 1.29 is 13.5 Å². The summed E-state index contributed by atoms with van der Waals surface area (Å²) < 4.78 is 32.5. The summed E-state index contributed by atoms with van der Waals surface area (Å²) in [6, 6.07) is 2.64. The van der Waals surface area contributed by atoms with Gasteiger partial charge in [0, 0.05) is 6.54 Å². The average molecular weight is 257 g/mol. The van der Waals surface area contributed by atoms with Crippen molar-refractivity contribution >= 4 is 0 Å². The van der Waals surface area contributed by atoms with E-state index in [4.69, 9.17) is 4.74 Å². The number of unbranched alkanes of at least 4 members (excludes halogenated alkanes) is 2. The largest absolute Gasteiger partial charge is 0.488 e. The predicted octanol–water partition coefficient (Wildman–Crippen LogP) is 3.64. The van der Waals surface area contributed by atoms with Gasteiger partial charge in [-0.3, -0.25) is 0 Å². The molecule has 2 nitrogen and oxygen atoms in total. The molecule has 0 saturated heterocycles. The second-order valence-electron chi connectivity index (χ2n) is 4.22. The van der Waals surface area contributed by atoms with Gasteiger partial charge in [0.25, 0.3) is 0 Å². The first-order chi connectivity index (χ1) is 8.69. The van der Waals surface area contributed by atoms with Crippen LogP contribution < -0.4 is 10.1 Å². The highest BCUT2D eigenvalue weighted by atomic mass is 19.1. The second-order valence-corrected chi connectivity index (χ2v) is 4.22. The van der Waals surface area contributed by atoms with Gasteiger partial charge in [-0.15, -0.1) is 0 Å². The fraction of sp³-hybridized carbons (Fsp3) is 0.571. The van der Waals surface area contributed by atoms with Crippen LogP contribution in [0.4, 0.5) is 8.78 Å². The molecule has 0 unspecified atom stereocenters. The first-order valence-electron chi connectivity index (χ1n) is 6.50. The van der Waals surface area contributed by atoms with Crippen LogP contribution in [-0.2, 0) is 6.54 Å². The Bertz CT molecular complexity index is 346. The molecule has 4 heteroatoms. The van der Waals surface area contributed by atoms with Gasteiger partial charge in [0.05, 0.1) is 6.61 Å². The zero-order valence-corrected chi connectivity index (χ0v) is 11.1. The molecular weight excluding hydrogens is 236 g/mol. The molecule has 0 spiro atoms. The molecule has 102 valence electrons. The molecule has 0 fully saturated rings. The van der Waals surface area contributed by atoms with Crippen LogP contribution in [0, 0.1) is 11.6 Å². The first kappa shape index (κ1) is 14.9. The van der Waals surface area contributed by atoms with Gasteiger partial charge >= 0.3 is 0 Å². The highest BCUT2D eigenvalue weighted by molar-refractivity contribution is 5.31. The fourth-order valence-electron chi connectivity index (χ4n) is 1.65. The average Bonchev–Trinajstić information content (AvgIpc) is 2.34. The zero-order valence-electron chi connectivity index (χ0n) is 11.1. The summed E-state index contributed by atoms with van der Waals surface area (Å²) >= 11 is 0. The topological polar surface area (TPSA) is 21.3 Å². The molecule has 0 aliphatic carbocycles. The van der Waals surface area contributed by atoms with E-state index >= 15 is 0 Å². The zero-order chi connectivity index (χ0) is 13.4. The summed E-state index contributed by atoms with van der Waals surface area (Å²) in [5.74, 6) is -1.51. The molecule has 1 aromatic carbocycles. The van der Waals surface area contributed by atoms with Crippen LogP contribution in [0.3, 0.4) is 0 Å². The number of rotatable bonds is 8. The normalized spacial score (nSPS) is 10.7. The minimum Gasteiger partial charge on any atom is -0.488 e. The number of ether oxygens (including phenoxy) is 1. The number of nitrogens with one attached hydrogen (secondary N) is 1. The number of halogens is 2. The molecule has 1 aromatic rings. The van der Waals surface area contributed by atoms with Gasteiger partial charge in [-0.05, 0) is 30.7 Å². The molecule has 0 aliphatic rings. The summed E-state index contributed by atoms with van der Waals surface area (Å²) in [4.78, 5) is 0. The molecule has 0 aromatic heterocycles. The van der Waals surface area contributed by atoms with Gasteiger partial charge in [-0.25, -0.2) is 8.78 Å². The van der Waals surface area contributed by atoms with Gasteiger partial charge < -0.3 is 10.1 Å². The van der Waals surface area contributed by atoms with E-state index in [0.29, 0.717) is 18.7 Å². The van der Waals surface area contributed by atoms with Crippen LogP contribution in [0.15, 0.2) is 12.1 Å². The summed E-state index contributed by atoms with van der Waals surface area (Å²) in [7, 11) is 0. The molecular formula is C14H21F2NO. The number of hydrogen-bond acceptors (Lipinski definition) is 2. The second kappa shape index (κ2) is 8.03. The van der Waals surface area contributed by atoms with E-state index in [9.17, 15) is 8.78 Å². The number of hydrogen-bond donors (Lipinski definition) is 1. The quantitative estimate of drug-likeness (QED) is 0.718. The predicted molar refractivity (Wildman–Crippen MR) is 68.8 cm³/mol. The van der Waals surface area contributed by atoms with Crippen molar-refractivity contribution in [2.24, 2.45) is 0 Å². The van der Waals surface area contributed by atoms with Gasteiger partial charge in [-0.2, -0.15) is 0 Å². The van der Waals surface area contributed by atoms with Crippen LogP contribution in [0.2, 0.25) is 0 Å². The van der Waals surface area contributed by atoms with Gasteiger partial charge in [0.15, 0.2) is 17.4 Å². The van der Waals surface area contributed by atoms with E-state index in [1.165, 1.54) is 12.1 Å². The van der Waals surface area contributed by atoms with Crippen molar-refractivity contribution in [3.8, 4) is 5.75 Å². The summed E-state index contributed by atoms with van der Waals surface area (Å²) in [6.45, 7) is 5.59. The third-order valence-electron chi connectivity index (χ3n) is 2.63. The summed E-state index contributed by atoms with van der Waals surface area (Å²) in [5.41, 5.74) is 0.591. The molecule has 1 N–H and O–H groups in total. The Labute approximate surface area is 107 Å². The summed E-state index contributed by atoms with van der Waals surface area (Å²) in [5, 5.41) is 3.02. The lowest BCUT2D eigenvalue weighted by Gasteiger charge is -2.10. The molecule has 0 radical (unpaired) electrons. The van der Waals surface area contributed by atoms with Crippen LogP contribution in [0.1, 0.15) is 38.7 Å². The van der Waals surface area contributed by atoms with Crippen LogP contribution in [-0.4, -0.2) is 13.2 Å². The summed E-state index contributed by atoms with van der Waals surface area (Å²) in [6.07, 6.45) is 2.87. The third-order valence-corrected chi connectivity index (χ3v) is 2.63. The molecule has 0 saturated carbocycles. The molecule has 0 atom stereocenters.